The van der Waals surface area contributed by atoms with Gasteiger partial charge in [0.1, 0.15) is 42.0 Å². The zero-order valence-corrected chi connectivity index (χ0v) is 33.2. The predicted molar refractivity (Wildman–Crippen MR) is 199 cm³/mol. The van der Waals surface area contributed by atoms with Crippen LogP contribution in [0.15, 0.2) is 12.1 Å². The summed E-state index contributed by atoms with van der Waals surface area (Å²) >= 11 is 12.8. The van der Waals surface area contributed by atoms with Crippen LogP contribution >= 0.6 is 23.2 Å². The van der Waals surface area contributed by atoms with Crippen LogP contribution in [0.1, 0.15) is 64.9 Å². The molecule has 0 radical (unpaired) electrons. The van der Waals surface area contributed by atoms with Crippen molar-refractivity contribution in [2.75, 3.05) is 25.6 Å². The molecule has 5 amide bonds. The fourth-order valence-corrected chi connectivity index (χ4v) is 8.34. The van der Waals surface area contributed by atoms with Crippen molar-refractivity contribution in [1.82, 2.24) is 31.3 Å². The molecule has 21 heteroatoms. The maximum Gasteiger partial charge on any atom is 0.330 e. The van der Waals surface area contributed by atoms with Gasteiger partial charge < -0.3 is 51.0 Å². The van der Waals surface area contributed by atoms with Gasteiger partial charge in [0.05, 0.1) is 34.9 Å². The summed E-state index contributed by atoms with van der Waals surface area (Å²) in [7, 11) is 1.23. The number of carbonyl (C=O) groups excluding carboxylic acids is 6. The summed E-state index contributed by atoms with van der Waals surface area (Å²) in [6, 6.07) is -4.96. The lowest BCUT2D eigenvalue weighted by atomic mass is 9.90. The largest absolute Gasteiger partial charge is 0.481 e. The first-order valence-corrected chi connectivity index (χ1v) is 19.4. The molecule has 9 atom stereocenters. The van der Waals surface area contributed by atoms with Crippen LogP contribution in [0.2, 0.25) is 10.0 Å². The number of amides is 5. The first-order valence-electron chi connectivity index (χ1n) is 18.7. The molecule has 3 saturated heterocycles. The van der Waals surface area contributed by atoms with Crippen LogP contribution in [0, 0.1) is 11.3 Å². The number of rotatable bonds is 7. The van der Waals surface area contributed by atoms with Crippen molar-refractivity contribution in [3.63, 3.8) is 0 Å². The Hall–Kier alpha value is -4.27. The van der Waals surface area contributed by atoms with E-state index < -0.39 is 126 Å². The van der Waals surface area contributed by atoms with E-state index in [1.165, 1.54) is 19.2 Å². The number of hydrazine groups is 1. The number of ether oxygens (including phenoxy) is 2. The Bertz CT molecular complexity index is 1850. The highest BCUT2D eigenvalue weighted by Crippen LogP contribution is 2.53. The number of aliphatic hydroxyl groups excluding tert-OH is 1. The Balaban J connectivity index is 1.48. The van der Waals surface area contributed by atoms with E-state index in [0.717, 1.165) is 9.91 Å². The van der Waals surface area contributed by atoms with Crippen molar-refractivity contribution in [3.8, 4) is 0 Å². The number of aliphatic hydroxyl groups is 2. The average Bonchev–Trinajstić information content (AvgIpc) is 3.73. The summed E-state index contributed by atoms with van der Waals surface area (Å²) < 4.78 is 11.1. The molecule has 0 spiro atoms. The summed E-state index contributed by atoms with van der Waals surface area (Å²) in [5, 5.41) is 44.9. The first kappa shape index (κ1) is 42.3. The lowest BCUT2D eigenvalue weighted by Gasteiger charge is -2.39. The number of hydrogen-bond acceptors (Lipinski definition) is 13. The smallest absolute Gasteiger partial charge is 0.330 e. The number of cyclic esters (lactones) is 1. The molecule has 0 bridgehead atoms. The van der Waals surface area contributed by atoms with Crippen LogP contribution in [-0.4, -0.2) is 136 Å². The van der Waals surface area contributed by atoms with E-state index in [2.05, 4.69) is 26.7 Å². The second-order valence-corrected chi connectivity index (χ2v) is 16.6. The second kappa shape index (κ2) is 16.2. The van der Waals surface area contributed by atoms with Crippen LogP contribution in [-0.2, 0) is 48.6 Å². The number of carboxylic acids is 1. The number of aliphatic carboxylic acids is 1. The number of methoxy groups -OCH3 is 1. The Morgan fingerprint density at radius 3 is 2.32 bits per heavy atom. The van der Waals surface area contributed by atoms with Gasteiger partial charge in [-0.1, -0.05) is 50.0 Å². The summed E-state index contributed by atoms with van der Waals surface area (Å²) in [5.74, 6) is -7.86. The summed E-state index contributed by atoms with van der Waals surface area (Å²) in [4.78, 5) is 98.3. The van der Waals surface area contributed by atoms with E-state index in [9.17, 15) is 48.9 Å². The molecule has 6 rings (SSSR count). The van der Waals surface area contributed by atoms with Crippen LogP contribution in [0.3, 0.4) is 0 Å². The lowest BCUT2D eigenvalue weighted by molar-refractivity contribution is -0.171. The molecule has 312 valence electrons. The average molecular weight is 841 g/mol. The van der Waals surface area contributed by atoms with E-state index in [1.807, 2.05) is 0 Å². The fraction of sp³-hybridized carbons (Fsp3) is 0.639. The van der Waals surface area contributed by atoms with E-state index in [1.54, 1.807) is 20.8 Å². The van der Waals surface area contributed by atoms with Gasteiger partial charge in [-0.25, -0.2) is 10.2 Å². The van der Waals surface area contributed by atoms with Gasteiger partial charge in [0.2, 0.25) is 23.6 Å². The normalized spacial score (nSPS) is 32.3. The molecule has 1 saturated carbocycles. The molecule has 1 aromatic rings. The van der Waals surface area contributed by atoms with E-state index in [4.69, 9.17) is 32.7 Å². The maximum absolute atomic E-state index is 14.9. The second-order valence-electron chi connectivity index (χ2n) is 15.9. The number of halogens is 2. The number of fused-ring (bicyclic) bond motifs is 6. The van der Waals surface area contributed by atoms with Crippen molar-refractivity contribution < 1.29 is 58.4 Å². The van der Waals surface area contributed by atoms with Crippen molar-refractivity contribution in [1.29, 1.82) is 0 Å². The summed E-state index contributed by atoms with van der Waals surface area (Å²) in [5.41, 5.74) is 0.316. The number of carboxylic acid groups (broad SMARTS) is 1. The molecule has 5 aliphatic rings. The molecular formula is C36H47Cl2N7O12. The number of nitrogens with zero attached hydrogens (tertiary/aromatic N) is 2. The van der Waals surface area contributed by atoms with Gasteiger partial charge in [-0.3, -0.25) is 33.8 Å². The Kier molecular flexibility index (Phi) is 12.0. The van der Waals surface area contributed by atoms with E-state index in [0.29, 0.717) is 25.8 Å². The van der Waals surface area contributed by atoms with Gasteiger partial charge in [0, 0.05) is 25.6 Å². The number of nitrogens with one attached hydrogen (secondary N) is 5. The Morgan fingerprint density at radius 1 is 1.00 bits per heavy atom. The third-order valence-corrected chi connectivity index (χ3v) is 12.2. The highest BCUT2D eigenvalue weighted by molar-refractivity contribution is 6.44. The number of esters is 1. The minimum absolute atomic E-state index is 0.00815. The van der Waals surface area contributed by atoms with Crippen molar-refractivity contribution in [2.24, 2.45) is 11.3 Å². The van der Waals surface area contributed by atoms with Crippen molar-refractivity contribution in [2.45, 2.75) is 113 Å². The van der Waals surface area contributed by atoms with Crippen LogP contribution in [0.5, 0.6) is 0 Å². The van der Waals surface area contributed by atoms with E-state index in [-0.39, 0.29) is 27.7 Å². The highest BCUT2D eigenvalue weighted by Gasteiger charge is 2.63. The van der Waals surface area contributed by atoms with Gasteiger partial charge in [0.25, 0.3) is 5.91 Å². The Labute approximate surface area is 337 Å². The van der Waals surface area contributed by atoms with Crippen LogP contribution < -0.4 is 26.7 Å². The van der Waals surface area contributed by atoms with Gasteiger partial charge >= 0.3 is 11.9 Å². The van der Waals surface area contributed by atoms with Gasteiger partial charge in [-0.15, -0.1) is 0 Å². The van der Waals surface area contributed by atoms with Gasteiger partial charge in [-0.2, -0.15) is 0 Å². The van der Waals surface area contributed by atoms with E-state index >= 15 is 0 Å². The number of hydrogen-bond donors (Lipinski definition) is 8. The van der Waals surface area contributed by atoms with Crippen LogP contribution in [0.25, 0.3) is 0 Å². The number of benzene rings is 1. The van der Waals surface area contributed by atoms with Crippen molar-refractivity contribution in [3.05, 3.63) is 27.7 Å². The zero-order chi connectivity index (χ0) is 41.7. The number of anilines is 1. The SMILES string of the molecule is COC[C@H]1NC(=O)[C@@H]2CCCNN2C(=O)[C@H](C(C)C)OC(=O)[C@@H](C2(C)CC2)NC(=O)[C@@H]2C[C@@]3(O)c4ccc(Cl)c(Cl)c4N[C@H]3N2C(=O)[C@H]([C@@H](O)CC(=O)O)NC1=O. The minimum Gasteiger partial charge on any atom is -0.481 e. The van der Waals surface area contributed by atoms with Gasteiger partial charge in [-0.05, 0) is 43.1 Å². The molecule has 8 N–H and O–H groups in total. The Morgan fingerprint density at radius 2 is 1.68 bits per heavy atom. The molecule has 4 heterocycles. The maximum atomic E-state index is 14.9. The highest BCUT2D eigenvalue weighted by atomic mass is 35.5. The van der Waals surface area contributed by atoms with Crippen molar-refractivity contribution >= 4 is 70.4 Å². The molecule has 4 aliphatic heterocycles. The molecule has 57 heavy (non-hydrogen) atoms. The molecule has 1 aromatic carbocycles. The number of carbonyl (C=O) groups is 7. The lowest BCUT2D eigenvalue weighted by Crippen LogP contribution is -2.66. The molecule has 0 aromatic heterocycles. The standard InChI is InChI=1S/C36H47Cl2N7O12/c1-15(2)26-32(53)45-19(6-5-11-39-45)29(50)40-18(14-56-4)28(49)41-25(21(46)12-22(47)48)31(52)44-20(30(51)43-27(33(54)57-26)35(3)9-10-35)13-36(55)16-7-8-17(37)23(38)24(16)42-34(36)44/h7-8,15,18-21,25-27,34,39,42,46,55H,5-6,9-14H2,1-4H3,(H,40,50)(H,41,49)(H,43,51)(H,47,48)/t18-,19+,20+,21+,25+,26+,27+,34+,36-/m1/s1. The molecule has 1 aliphatic carbocycles. The van der Waals surface area contributed by atoms with Gasteiger partial charge in [0.15, 0.2) is 6.10 Å². The molecule has 4 fully saturated rings. The molecule has 0 unspecified atom stereocenters. The molecule has 19 nitrogen and oxygen atoms in total. The monoisotopic (exact) mass is 839 g/mol. The quantitative estimate of drug-likeness (QED) is 0.159. The zero-order valence-electron chi connectivity index (χ0n) is 31.7. The first-order chi connectivity index (χ1) is 26.8. The third-order valence-electron chi connectivity index (χ3n) is 11.4. The predicted octanol–water partition coefficient (Wildman–Crippen LogP) is -0.653. The molecular weight excluding hydrogens is 793 g/mol. The summed E-state index contributed by atoms with van der Waals surface area (Å²) in [6.45, 7) is 4.85. The fourth-order valence-electron chi connectivity index (χ4n) is 7.96. The summed E-state index contributed by atoms with van der Waals surface area (Å²) in [6.07, 6.45) is -5.04. The topological polar surface area (TPSA) is 265 Å². The minimum atomic E-state index is -2.11. The third kappa shape index (κ3) is 7.97. The van der Waals surface area contributed by atoms with Crippen LogP contribution in [0.4, 0.5) is 5.69 Å².